The fourth-order valence-electron chi connectivity index (χ4n) is 10.6. The van der Waals surface area contributed by atoms with Crippen molar-refractivity contribution in [2.24, 2.45) is 11.3 Å². The van der Waals surface area contributed by atoms with Crippen LogP contribution < -0.4 is 24.7 Å². The molecule has 2 aromatic rings. The molecule has 15 nitrogen and oxygen atoms in total. The van der Waals surface area contributed by atoms with Gasteiger partial charge in [-0.2, -0.15) is 0 Å². The number of hydrogen-bond acceptors (Lipinski definition) is 10. The Kier molecular flexibility index (Phi) is 16.7. The van der Waals surface area contributed by atoms with Crippen LogP contribution in [0, 0.1) is 11.3 Å². The molecule has 2 N–H and O–H groups in total. The van der Waals surface area contributed by atoms with Crippen LogP contribution in [0.1, 0.15) is 131 Å². The molecule has 2 saturated heterocycles. The average molecular weight is 1000 g/mol. The number of likely N-dealkylation sites (tertiary alicyclic amines) is 1. The van der Waals surface area contributed by atoms with Gasteiger partial charge < -0.3 is 38.6 Å². The second kappa shape index (κ2) is 21.5. The van der Waals surface area contributed by atoms with Crippen molar-refractivity contribution in [3.05, 3.63) is 60.2 Å². The van der Waals surface area contributed by atoms with Crippen LogP contribution in [0.25, 0.3) is 0 Å². The number of carbonyl (C=O) groups is 5. The van der Waals surface area contributed by atoms with Crippen molar-refractivity contribution in [3.8, 4) is 11.5 Å². The van der Waals surface area contributed by atoms with Crippen molar-refractivity contribution >= 4 is 57.9 Å². The Morgan fingerprint density at radius 3 is 2.13 bits per heavy atom. The maximum absolute atomic E-state index is 15.2. The van der Waals surface area contributed by atoms with Gasteiger partial charge >= 0.3 is 12.2 Å². The Labute approximate surface area is 419 Å². The Morgan fingerprint density at radius 1 is 0.929 bits per heavy atom. The van der Waals surface area contributed by atoms with E-state index in [4.69, 9.17) is 23.1 Å². The molecule has 3 fully saturated rings. The van der Waals surface area contributed by atoms with Crippen molar-refractivity contribution in [1.82, 2.24) is 15.1 Å². The lowest BCUT2D eigenvalue weighted by atomic mass is 9.97. The summed E-state index contributed by atoms with van der Waals surface area (Å²) in [6.45, 7) is 32.4. The first kappa shape index (κ1) is 54.5. The summed E-state index contributed by atoms with van der Waals surface area (Å²) in [5.41, 5.74) is 2.55. The highest BCUT2D eigenvalue weighted by molar-refractivity contribution is 6.78. The summed E-state index contributed by atoms with van der Waals surface area (Å²) in [5.74, 6) is -0.275. The van der Waals surface area contributed by atoms with E-state index in [1.807, 2.05) is 24.8 Å². The first-order valence-electron chi connectivity index (χ1n) is 25.5. The van der Waals surface area contributed by atoms with Gasteiger partial charge in [-0.1, -0.05) is 107 Å². The zero-order valence-electron chi connectivity index (χ0n) is 44.4. The van der Waals surface area contributed by atoms with Crippen molar-refractivity contribution in [1.29, 1.82) is 0 Å². The molecule has 1 aliphatic carbocycles. The van der Waals surface area contributed by atoms with E-state index in [0.717, 1.165) is 12.8 Å². The monoisotopic (exact) mass is 1000 g/mol. The highest BCUT2D eigenvalue weighted by Crippen LogP contribution is 2.58. The van der Waals surface area contributed by atoms with E-state index < -0.39 is 65.0 Å². The molecule has 2 aromatic carbocycles. The van der Waals surface area contributed by atoms with Crippen LogP contribution in [-0.4, -0.2) is 108 Å². The van der Waals surface area contributed by atoms with E-state index in [2.05, 4.69) is 92.6 Å². The molecule has 4 aliphatic rings. The summed E-state index contributed by atoms with van der Waals surface area (Å²) < 4.78 is 32.1. The summed E-state index contributed by atoms with van der Waals surface area (Å²) in [5, 5.41) is 5.65. The molecule has 1 saturated carbocycles. The van der Waals surface area contributed by atoms with Crippen LogP contribution in [-0.2, 0) is 30.1 Å². The third kappa shape index (κ3) is 11.1. The number of rotatable bonds is 18. The fraction of sp³-hybridized carbons (Fsp3) is 0.642. The maximum atomic E-state index is 15.2. The van der Waals surface area contributed by atoms with E-state index >= 15 is 9.59 Å². The van der Waals surface area contributed by atoms with Crippen LogP contribution in [0.2, 0.25) is 34.8 Å². The van der Waals surface area contributed by atoms with Crippen LogP contribution in [0.5, 0.6) is 11.5 Å². The molecule has 5 atom stereocenters. The number of carbonyl (C=O) groups excluding carboxylic acids is 5. The van der Waals surface area contributed by atoms with E-state index in [9.17, 15) is 14.4 Å². The lowest BCUT2D eigenvalue weighted by Crippen LogP contribution is -2.58. The lowest BCUT2D eigenvalue weighted by Gasteiger charge is -2.44. The summed E-state index contributed by atoms with van der Waals surface area (Å²) in [6.07, 6.45) is 3.82. The van der Waals surface area contributed by atoms with Gasteiger partial charge in [-0.15, -0.1) is 0 Å². The highest BCUT2D eigenvalue weighted by Gasteiger charge is 2.60. The molecule has 3 heterocycles. The molecule has 0 radical (unpaired) electrons. The zero-order valence-corrected chi connectivity index (χ0v) is 46.4. The van der Waals surface area contributed by atoms with Gasteiger partial charge in [0.1, 0.15) is 31.0 Å². The van der Waals surface area contributed by atoms with Gasteiger partial charge in [0.15, 0.2) is 20.3 Å². The number of methoxy groups -OCH3 is 1. The first-order chi connectivity index (χ1) is 32.8. The van der Waals surface area contributed by atoms with Crippen LogP contribution in [0.4, 0.5) is 21.0 Å². The number of nitrogens with zero attached hydrogens (tertiary/aromatic N) is 3. The molecular formula is C53H81N5O10Si2. The third-order valence-corrected chi connectivity index (χ3v) is 26.5. The van der Waals surface area contributed by atoms with Crippen LogP contribution >= 0.6 is 0 Å². The number of hydrogen-bond donors (Lipinski definition) is 2. The zero-order chi connectivity index (χ0) is 51.7. The second-order valence-electron chi connectivity index (χ2n) is 22.6. The van der Waals surface area contributed by atoms with Gasteiger partial charge in [-0.3, -0.25) is 19.3 Å². The average Bonchev–Trinajstić information content (AvgIpc) is 3.70. The van der Waals surface area contributed by atoms with E-state index in [1.165, 1.54) is 11.0 Å². The smallest absolute Gasteiger partial charge is 0.416 e. The maximum Gasteiger partial charge on any atom is 0.416 e. The van der Waals surface area contributed by atoms with Crippen molar-refractivity contribution < 1.29 is 47.0 Å². The van der Waals surface area contributed by atoms with Crippen molar-refractivity contribution in [2.75, 3.05) is 37.0 Å². The van der Waals surface area contributed by atoms with Crippen molar-refractivity contribution in [3.63, 3.8) is 0 Å². The first-order valence-corrected chi connectivity index (χ1v) is 30.5. The molecule has 6 rings (SSSR count). The molecular weight excluding hydrogens is 923 g/mol. The third-order valence-electron chi connectivity index (χ3n) is 16.0. The Balaban J connectivity index is 1.30. The van der Waals surface area contributed by atoms with Crippen LogP contribution in [0.3, 0.4) is 0 Å². The minimum absolute atomic E-state index is 0.0118. The van der Waals surface area contributed by atoms with Crippen LogP contribution in [0.15, 0.2) is 49.1 Å². The molecule has 5 amide bonds. The molecule has 70 heavy (non-hydrogen) atoms. The quantitative estimate of drug-likeness (QED) is 0.108. The summed E-state index contributed by atoms with van der Waals surface area (Å²) in [4.78, 5) is 75.2. The number of amides is 5. The predicted molar refractivity (Wildman–Crippen MR) is 278 cm³/mol. The second-order valence-corrected chi connectivity index (χ2v) is 32.7. The SMILES string of the molecule is C=CCOC(=O)N1CCC[C@H]1C(=O)N[C@H](C(=O)Nc1ccc(COC(=O)N2c3cc(O[Si](C(C)C)(C(C)C)C(C)C)c(OC)cc3C(=O)N3CC4(CC4)C[C@H]3C2O[Si](C)(C)C(C)(C)C)cc1)[C@@H](C)CC. The largest absolute Gasteiger partial charge is 0.540 e. The number of fused-ring (bicyclic) bond motifs is 2. The molecule has 1 spiro atoms. The molecule has 1 unspecified atom stereocenters. The highest BCUT2D eigenvalue weighted by atomic mass is 28.4. The number of nitrogens with one attached hydrogen (secondary N) is 2. The van der Waals surface area contributed by atoms with Gasteiger partial charge in [-0.25, -0.2) is 14.5 Å². The summed E-state index contributed by atoms with van der Waals surface area (Å²) >= 11 is 0. The minimum atomic E-state index is -2.62. The van der Waals surface area contributed by atoms with E-state index in [0.29, 0.717) is 72.8 Å². The van der Waals surface area contributed by atoms with Gasteiger partial charge in [0.25, 0.3) is 14.2 Å². The van der Waals surface area contributed by atoms with Gasteiger partial charge in [-0.05, 0) is 102 Å². The fourth-order valence-corrected chi connectivity index (χ4v) is 17.1. The molecule has 386 valence electrons. The predicted octanol–water partition coefficient (Wildman–Crippen LogP) is 11.0. The standard InChI is InChI=1S/C53H81N5O10Si2/c1-16-27-65-50(62)56-26-18-19-40(56)46(59)55-45(36(9)17-2)47(60)54-38-22-20-37(21-23-38)31-66-51(63)58-41-29-44(67-70(33(3)4,34(5)6)35(7)8)43(64-13)28-39(41)48(61)57-32-53(24-25-53)30-42(57)49(58)68-69(14,15)52(10,11)12/h16,20-23,28-29,33-36,40,42,45,49H,1,17-19,24-27,30-32H2,2-15H3,(H,54,60)(H,55,59)/t36-,40-,42-,45-,49?/m0/s1. The van der Waals surface area contributed by atoms with Gasteiger partial charge in [0.05, 0.1) is 24.4 Å². The van der Waals surface area contributed by atoms with Gasteiger partial charge in [0, 0.05) is 24.8 Å². The molecule has 17 heteroatoms. The Hall–Kier alpha value is -4.88. The Bertz CT molecular complexity index is 2240. The summed E-state index contributed by atoms with van der Waals surface area (Å²) in [7, 11) is -3.60. The van der Waals surface area contributed by atoms with E-state index in [-0.39, 0.29) is 52.1 Å². The molecule has 0 bridgehead atoms. The topological polar surface area (TPSA) is 165 Å². The molecule has 3 aliphatic heterocycles. The van der Waals surface area contributed by atoms with E-state index in [1.54, 1.807) is 42.3 Å². The number of ether oxygens (including phenoxy) is 3. The normalized spacial score (nSPS) is 20.7. The minimum Gasteiger partial charge on any atom is -0.540 e. The van der Waals surface area contributed by atoms with Gasteiger partial charge in [0.2, 0.25) is 11.8 Å². The summed E-state index contributed by atoms with van der Waals surface area (Å²) in [6, 6.07) is 8.52. The Morgan fingerprint density at radius 2 is 1.57 bits per heavy atom. The lowest BCUT2D eigenvalue weighted by molar-refractivity contribution is -0.130. The number of anilines is 2. The molecule has 0 aromatic heterocycles. The number of benzene rings is 2. The van der Waals surface area contributed by atoms with Crippen molar-refractivity contribution in [2.45, 2.75) is 180 Å².